The van der Waals surface area contributed by atoms with Crippen molar-refractivity contribution in [2.75, 3.05) is 32.1 Å². The van der Waals surface area contributed by atoms with E-state index in [1.165, 1.54) is 0 Å². The number of carbonyl (C=O) groups excluding carboxylic acids is 2. The zero-order chi connectivity index (χ0) is 24.7. The molecule has 1 fully saturated rings. The smallest absolute Gasteiger partial charge is 0.321 e. The van der Waals surface area contributed by atoms with Crippen LogP contribution in [0.3, 0.4) is 0 Å². The number of anilines is 1. The van der Waals surface area contributed by atoms with Gasteiger partial charge in [0.15, 0.2) is 5.96 Å². The summed E-state index contributed by atoms with van der Waals surface area (Å²) in [5, 5.41) is 3.42. The summed E-state index contributed by atoms with van der Waals surface area (Å²) < 4.78 is 5.31. The Morgan fingerprint density at radius 1 is 1.24 bits per heavy atom. The Balaban J connectivity index is 1.56. The molecule has 2 aliphatic rings. The number of nitrogens with zero attached hydrogens (tertiary/aromatic N) is 3. The molecule has 2 aliphatic heterocycles. The zero-order valence-electron chi connectivity index (χ0n) is 20.6. The fourth-order valence-electron chi connectivity index (χ4n) is 4.80. The molecular formula is C25H38ClN5O3. The van der Waals surface area contributed by atoms with Crippen molar-refractivity contribution in [1.82, 2.24) is 9.80 Å². The molecule has 0 radical (unpaired) electrons. The topological polar surface area (TPSA) is 100 Å². The van der Waals surface area contributed by atoms with Crippen LogP contribution in [0.5, 0.6) is 5.75 Å². The van der Waals surface area contributed by atoms with Crippen molar-refractivity contribution in [3.63, 3.8) is 0 Å². The normalized spacial score (nSPS) is 18.2. The zero-order valence-corrected chi connectivity index (χ0v) is 21.4. The summed E-state index contributed by atoms with van der Waals surface area (Å²) in [4.78, 5) is 34.4. The van der Waals surface area contributed by atoms with Gasteiger partial charge < -0.3 is 20.7 Å². The number of unbranched alkanes of at least 4 members (excludes halogenated alkanes) is 2. The lowest BCUT2D eigenvalue weighted by molar-refractivity contribution is -0.132. The van der Waals surface area contributed by atoms with Crippen molar-refractivity contribution in [2.45, 2.75) is 70.8 Å². The van der Waals surface area contributed by atoms with Crippen LogP contribution in [0, 0.1) is 5.92 Å². The maximum Gasteiger partial charge on any atom is 0.321 e. The molecule has 3 rings (SSSR count). The Labute approximate surface area is 207 Å². The van der Waals surface area contributed by atoms with E-state index >= 15 is 0 Å². The third-order valence-electron chi connectivity index (χ3n) is 6.88. The number of aliphatic imine (C=N–C) groups is 1. The van der Waals surface area contributed by atoms with Gasteiger partial charge in [-0.3, -0.25) is 9.69 Å². The molecular weight excluding hydrogens is 454 g/mol. The molecule has 0 aliphatic carbocycles. The van der Waals surface area contributed by atoms with Crippen LogP contribution in [0.15, 0.2) is 23.2 Å². The summed E-state index contributed by atoms with van der Waals surface area (Å²) in [6, 6.07) is 4.94. The van der Waals surface area contributed by atoms with E-state index in [0.29, 0.717) is 42.1 Å². The predicted octanol–water partition coefficient (Wildman–Crippen LogP) is 4.87. The summed E-state index contributed by atoms with van der Waals surface area (Å²) in [5.41, 5.74) is 6.12. The fourth-order valence-corrected chi connectivity index (χ4v) is 4.97. The maximum atomic E-state index is 13.4. The minimum atomic E-state index is -0.688. The predicted molar refractivity (Wildman–Crippen MR) is 136 cm³/mol. The van der Waals surface area contributed by atoms with E-state index < -0.39 is 5.54 Å². The highest BCUT2D eigenvalue weighted by Gasteiger charge is 2.47. The van der Waals surface area contributed by atoms with Crippen LogP contribution in [-0.2, 0) is 4.79 Å². The number of ether oxygens (including phenoxy) is 1. The highest BCUT2D eigenvalue weighted by Crippen LogP contribution is 2.34. The second-order valence-corrected chi connectivity index (χ2v) is 9.77. The van der Waals surface area contributed by atoms with Crippen LogP contribution in [0.1, 0.15) is 65.2 Å². The molecule has 0 unspecified atom stereocenters. The van der Waals surface area contributed by atoms with E-state index in [0.717, 1.165) is 51.4 Å². The molecule has 2 heterocycles. The van der Waals surface area contributed by atoms with E-state index in [4.69, 9.17) is 27.1 Å². The molecule has 0 saturated carbocycles. The molecule has 3 N–H and O–H groups in total. The molecule has 0 spiro atoms. The van der Waals surface area contributed by atoms with Crippen molar-refractivity contribution in [3.05, 3.63) is 23.2 Å². The van der Waals surface area contributed by atoms with Gasteiger partial charge in [0.05, 0.1) is 12.8 Å². The number of piperidine rings is 1. The molecule has 1 saturated heterocycles. The third kappa shape index (κ3) is 5.95. The van der Waals surface area contributed by atoms with Gasteiger partial charge in [-0.1, -0.05) is 51.1 Å². The first kappa shape index (κ1) is 26.1. The lowest BCUT2D eigenvalue weighted by Crippen LogP contribution is -2.48. The van der Waals surface area contributed by atoms with E-state index in [-0.39, 0.29) is 17.9 Å². The Kier molecular flexibility index (Phi) is 9.05. The maximum absolute atomic E-state index is 13.4. The van der Waals surface area contributed by atoms with Gasteiger partial charge >= 0.3 is 6.03 Å². The summed E-state index contributed by atoms with van der Waals surface area (Å²) >= 11 is 6.07. The van der Waals surface area contributed by atoms with Crippen molar-refractivity contribution in [2.24, 2.45) is 16.6 Å². The number of carbonyl (C=O) groups is 2. The molecule has 0 bridgehead atoms. The van der Waals surface area contributed by atoms with E-state index in [2.05, 4.69) is 19.2 Å². The molecule has 188 valence electrons. The number of amides is 3. The minimum Gasteiger partial charge on any atom is -0.495 e. The summed E-state index contributed by atoms with van der Waals surface area (Å²) in [7, 11) is 1.55. The number of urea groups is 1. The van der Waals surface area contributed by atoms with E-state index in [1.54, 1.807) is 35.1 Å². The monoisotopic (exact) mass is 491 g/mol. The molecule has 8 nitrogen and oxygen atoms in total. The Hall–Kier alpha value is -2.48. The number of rotatable bonds is 10. The fraction of sp³-hybridized carbons (Fsp3) is 0.640. The third-order valence-corrected chi connectivity index (χ3v) is 7.12. The Bertz CT molecular complexity index is 891. The van der Waals surface area contributed by atoms with E-state index in [1.807, 2.05) is 0 Å². The van der Waals surface area contributed by atoms with Gasteiger partial charge in [0, 0.05) is 24.7 Å². The van der Waals surface area contributed by atoms with Crippen LogP contribution >= 0.6 is 11.6 Å². The van der Waals surface area contributed by atoms with Crippen LogP contribution in [0.4, 0.5) is 10.5 Å². The number of methoxy groups -OCH3 is 1. The number of guanidine groups is 1. The molecule has 1 aromatic carbocycles. The molecule has 34 heavy (non-hydrogen) atoms. The average Bonchev–Trinajstić information content (AvgIpc) is 3.06. The molecule has 0 aromatic heterocycles. The first-order valence-corrected chi connectivity index (χ1v) is 12.8. The summed E-state index contributed by atoms with van der Waals surface area (Å²) in [6.07, 6.45) is 7.09. The second-order valence-electron chi connectivity index (χ2n) is 9.33. The molecule has 0 atom stereocenters. The van der Waals surface area contributed by atoms with Crippen LogP contribution in [-0.4, -0.2) is 60.0 Å². The SMILES string of the molecule is CCCCC1(CCCC)N=C(N)N(CC2CCN(C(=O)Nc3cc(Cl)ccc3OC)CC2)C1=O. The van der Waals surface area contributed by atoms with Gasteiger partial charge in [0.2, 0.25) is 0 Å². The number of hydrogen-bond donors (Lipinski definition) is 2. The van der Waals surface area contributed by atoms with Gasteiger partial charge in [0.1, 0.15) is 11.3 Å². The van der Waals surface area contributed by atoms with Gasteiger partial charge in [0.25, 0.3) is 5.91 Å². The molecule has 1 aromatic rings. The summed E-state index contributed by atoms with van der Waals surface area (Å²) in [6.45, 7) is 6.03. The number of nitrogens with one attached hydrogen (secondary N) is 1. The number of benzene rings is 1. The van der Waals surface area contributed by atoms with Crippen molar-refractivity contribution in [1.29, 1.82) is 0 Å². The lowest BCUT2D eigenvalue weighted by atomic mass is 9.87. The quantitative estimate of drug-likeness (QED) is 0.487. The standard InChI is InChI=1S/C25H38ClN5O3/c1-4-6-12-25(13-7-5-2)22(32)31(23(27)29-25)17-18-10-14-30(15-11-18)24(33)28-20-16-19(26)8-9-21(20)34-3/h8-9,16,18H,4-7,10-15,17H2,1-3H3,(H2,27,29)(H,28,33). The van der Waals surface area contributed by atoms with E-state index in [9.17, 15) is 9.59 Å². The number of halogens is 1. The van der Waals surface area contributed by atoms with Crippen LogP contribution in [0.25, 0.3) is 0 Å². The second kappa shape index (κ2) is 11.8. The Morgan fingerprint density at radius 2 is 1.88 bits per heavy atom. The number of hydrogen-bond acceptors (Lipinski definition) is 5. The lowest BCUT2D eigenvalue weighted by Gasteiger charge is -2.34. The first-order valence-electron chi connectivity index (χ1n) is 12.4. The highest BCUT2D eigenvalue weighted by atomic mass is 35.5. The number of nitrogens with two attached hydrogens (primary N) is 1. The van der Waals surface area contributed by atoms with Gasteiger partial charge in [-0.25, -0.2) is 9.79 Å². The van der Waals surface area contributed by atoms with Crippen molar-refractivity contribution >= 4 is 35.2 Å². The largest absolute Gasteiger partial charge is 0.495 e. The van der Waals surface area contributed by atoms with Gasteiger partial charge in [-0.15, -0.1) is 0 Å². The highest BCUT2D eigenvalue weighted by molar-refractivity contribution is 6.31. The van der Waals surface area contributed by atoms with Crippen molar-refractivity contribution < 1.29 is 14.3 Å². The summed E-state index contributed by atoms with van der Waals surface area (Å²) in [5.74, 6) is 1.24. The van der Waals surface area contributed by atoms with Gasteiger partial charge in [-0.2, -0.15) is 0 Å². The van der Waals surface area contributed by atoms with Crippen molar-refractivity contribution in [3.8, 4) is 5.75 Å². The Morgan fingerprint density at radius 3 is 2.47 bits per heavy atom. The minimum absolute atomic E-state index is 0.0557. The number of likely N-dealkylation sites (tertiary alicyclic amines) is 1. The van der Waals surface area contributed by atoms with Crippen LogP contribution in [0.2, 0.25) is 5.02 Å². The van der Waals surface area contributed by atoms with Gasteiger partial charge in [-0.05, 0) is 49.8 Å². The molecule has 9 heteroatoms. The first-order chi connectivity index (χ1) is 16.3. The molecule has 3 amide bonds. The average molecular weight is 492 g/mol. The van der Waals surface area contributed by atoms with Crippen LogP contribution < -0.4 is 15.8 Å².